The van der Waals surface area contributed by atoms with Crippen LogP contribution in [0.4, 0.5) is 0 Å². The molecule has 1 aromatic rings. The highest BCUT2D eigenvalue weighted by molar-refractivity contribution is 7.92. The number of hydrogen-bond donors (Lipinski definition) is 0. The molecular weight excluding hydrogens is 312 g/mol. The Balaban J connectivity index is 2.39. The third kappa shape index (κ3) is 3.26. The Hall–Kier alpha value is -1.43. The van der Waals surface area contributed by atoms with Gasteiger partial charge in [0.15, 0.2) is 9.84 Å². The molecule has 0 bridgehead atoms. The largest absolute Gasteiger partial charge is 0.243 e. The van der Waals surface area contributed by atoms with Crippen LogP contribution in [0.25, 0.3) is 0 Å². The number of hydrogen-bond acceptors (Lipinski definition) is 5. The molecule has 1 heterocycles. The summed E-state index contributed by atoms with van der Waals surface area (Å²) in [6.07, 6.45) is 0.313. The monoisotopic (exact) mass is 328 g/mol. The van der Waals surface area contributed by atoms with E-state index in [0.717, 1.165) is 0 Å². The van der Waals surface area contributed by atoms with Crippen molar-refractivity contribution in [3.63, 3.8) is 0 Å². The second-order valence-corrected chi connectivity index (χ2v) is 9.02. The van der Waals surface area contributed by atoms with Gasteiger partial charge in [-0.3, -0.25) is 0 Å². The minimum Gasteiger partial charge on any atom is -0.229 e. The van der Waals surface area contributed by atoms with E-state index in [1.54, 1.807) is 6.92 Å². The summed E-state index contributed by atoms with van der Waals surface area (Å²) in [6, 6.07) is 7.12. The van der Waals surface area contributed by atoms with E-state index in [1.165, 1.54) is 28.6 Å². The molecule has 1 aliphatic heterocycles. The van der Waals surface area contributed by atoms with Gasteiger partial charge in [-0.25, -0.2) is 16.8 Å². The van der Waals surface area contributed by atoms with E-state index in [2.05, 4.69) is 0 Å². The maximum atomic E-state index is 12.7. The van der Waals surface area contributed by atoms with Crippen LogP contribution in [0, 0.1) is 11.3 Å². The molecule has 21 heavy (non-hydrogen) atoms. The standard InChI is InChI=1S/C13H16N2O4S2/c1-2-15(12-6-7-20(16,17)10-12)21(18,19)13-5-3-4-11(8-13)9-14/h3-5,8,12H,2,6-7,10H2,1H3/t12-/m1/s1. The third-order valence-electron chi connectivity index (χ3n) is 3.50. The van der Waals surface area contributed by atoms with Crippen LogP contribution in [0.5, 0.6) is 0 Å². The molecule has 0 aromatic heterocycles. The highest BCUT2D eigenvalue weighted by atomic mass is 32.2. The average molecular weight is 328 g/mol. The smallest absolute Gasteiger partial charge is 0.229 e. The van der Waals surface area contributed by atoms with Gasteiger partial charge in [0.25, 0.3) is 0 Å². The van der Waals surface area contributed by atoms with Crippen LogP contribution in [-0.4, -0.2) is 45.2 Å². The lowest BCUT2D eigenvalue weighted by Crippen LogP contribution is -2.40. The number of sulfone groups is 1. The van der Waals surface area contributed by atoms with E-state index in [-0.39, 0.29) is 28.5 Å². The van der Waals surface area contributed by atoms with Crippen LogP contribution in [-0.2, 0) is 19.9 Å². The van der Waals surface area contributed by atoms with Crippen LogP contribution in [0.15, 0.2) is 29.2 Å². The number of nitriles is 1. The molecule has 0 saturated carbocycles. The normalized spacial score (nSPS) is 21.3. The van der Waals surface area contributed by atoms with Gasteiger partial charge in [0.1, 0.15) is 0 Å². The molecule has 8 heteroatoms. The fourth-order valence-corrected chi connectivity index (χ4v) is 6.02. The van der Waals surface area contributed by atoms with Crippen LogP contribution >= 0.6 is 0 Å². The topological polar surface area (TPSA) is 95.3 Å². The Bertz CT molecular complexity index is 779. The average Bonchev–Trinajstić information content (AvgIpc) is 2.79. The first-order valence-electron chi connectivity index (χ1n) is 6.52. The second kappa shape index (κ2) is 5.75. The quantitative estimate of drug-likeness (QED) is 0.813. The van der Waals surface area contributed by atoms with Crippen LogP contribution in [0.1, 0.15) is 18.9 Å². The molecule has 0 unspecified atom stereocenters. The fraction of sp³-hybridized carbons (Fsp3) is 0.462. The summed E-state index contributed by atoms with van der Waals surface area (Å²) in [5.41, 5.74) is 0.256. The van der Waals surface area contributed by atoms with Crippen molar-refractivity contribution in [2.24, 2.45) is 0 Å². The molecule has 0 amide bonds. The Morgan fingerprint density at radius 2 is 2.14 bits per heavy atom. The molecule has 0 N–H and O–H groups in total. The van der Waals surface area contributed by atoms with E-state index in [1.807, 2.05) is 6.07 Å². The maximum Gasteiger partial charge on any atom is 0.243 e. The van der Waals surface area contributed by atoms with Gasteiger partial charge in [0.2, 0.25) is 10.0 Å². The van der Waals surface area contributed by atoms with Crippen molar-refractivity contribution in [2.75, 3.05) is 18.1 Å². The molecule has 1 atom stereocenters. The van der Waals surface area contributed by atoms with Gasteiger partial charge >= 0.3 is 0 Å². The Morgan fingerprint density at radius 1 is 1.43 bits per heavy atom. The molecule has 2 rings (SSSR count). The zero-order chi connectivity index (χ0) is 15.7. The lowest BCUT2D eigenvalue weighted by molar-refractivity contribution is 0.354. The SMILES string of the molecule is CCN([C@@H]1CCS(=O)(=O)C1)S(=O)(=O)c1cccc(C#N)c1. The minimum atomic E-state index is -3.80. The van der Waals surface area contributed by atoms with Gasteiger partial charge in [-0.1, -0.05) is 13.0 Å². The number of nitrogens with zero attached hydrogens (tertiary/aromatic N) is 2. The van der Waals surface area contributed by atoms with Crippen molar-refractivity contribution in [3.05, 3.63) is 29.8 Å². The minimum absolute atomic E-state index is 0.0158. The van der Waals surface area contributed by atoms with Crippen molar-refractivity contribution >= 4 is 19.9 Å². The Labute approximate surface area is 125 Å². The van der Waals surface area contributed by atoms with E-state index in [9.17, 15) is 16.8 Å². The summed E-state index contributed by atoms with van der Waals surface area (Å²) in [5.74, 6) is -0.125. The second-order valence-electron chi connectivity index (χ2n) is 4.90. The number of sulfonamides is 1. The first-order chi connectivity index (χ1) is 9.80. The van der Waals surface area contributed by atoms with Crippen LogP contribution in [0.3, 0.4) is 0 Å². The fourth-order valence-electron chi connectivity index (χ4n) is 2.49. The number of rotatable bonds is 4. The van der Waals surface area contributed by atoms with Crippen molar-refractivity contribution in [3.8, 4) is 6.07 Å². The molecule has 1 aromatic carbocycles. The predicted molar refractivity (Wildman–Crippen MR) is 77.8 cm³/mol. The van der Waals surface area contributed by atoms with Gasteiger partial charge in [-0.2, -0.15) is 9.57 Å². The summed E-state index contributed by atoms with van der Waals surface area (Å²) in [5, 5.41) is 8.87. The Kier molecular flexibility index (Phi) is 4.37. The zero-order valence-corrected chi connectivity index (χ0v) is 13.2. The highest BCUT2D eigenvalue weighted by Gasteiger charge is 2.37. The molecule has 1 fully saturated rings. The van der Waals surface area contributed by atoms with E-state index >= 15 is 0 Å². The zero-order valence-electron chi connectivity index (χ0n) is 11.6. The maximum absolute atomic E-state index is 12.7. The summed E-state index contributed by atoms with van der Waals surface area (Å²) < 4.78 is 49.6. The van der Waals surface area contributed by atoms with Gasteiger partial charge in [0, 0.05) is 12.6 Å². The molecule has 0 spiro atoms. The molecular formula is C13H16N2O4S2. The van der Waals surface area contributed by atoms with Crippen molar-refractivity contribution in [2.45, 2.75) is 24.3 Å². The summed E-state index contributed by atoms with van der Waals surface area (Å²) in [4.78, 5) is 0.0210. The van der Waals surface area contributed by atoms with Crippen LogP contribution in [0.2, 0.25) is 0 Å². The molecule has 1 aliphatic rings. The van der Waals surface area contributed by atoms with Gasteiger partial charge in [-0.15, -0.1) is 0 Å². The van der Waals surface area contributed by atoms with Crippen LogP contribution < -0.4 is 0 Å². The predicted octanol–water partition coefficient (Wildman–Crippen LogP) is 0.756. The lowest BCUT2D eigenvalue weighted by Gasteiger charge is -2.26. The molecule has 6 nitrogen and oxygen atoms in total. The number of benzene rings is 1. The summed E-state index contributed by atoms with van der Waals surface area (Å²) in [6.45, 7) is 1.87. The molecule has 114 valence electrons. The highest BCUT2D eigenvalue weighted by Crippen LogP contribution is 2.25. The summed E-state index contributed by atoms with van der Waals surface area (Å²) >= 11 is 0. The van der Waals surface area contributed by atoms with E-state index < -0.39 is 25.9 Å². The Morgan fingerprint density at radius 3 is 2.67 bits per heavy atom. The molecule has 0 aliphatic carbocycles. The molecule has 0 radical (unpaired) electrons. The van der Waals surface area contributed by atoms with Crippen molar-refractivity contribution in [1.82, 2.24) is 4.31 Å². The molecule has 1 saturated heterocycles. The first kappa shape index (κ1) is 15.9. The first-order valence-corrected chi connectivity index (χ1v) is 9.79. The van der Waals surface area contributed by atoms with Gasteiger partial charge in [0.05, 0.1) is 28.0 Å². The lowest BCUT2D eigenvalue weighted by atomic mass is 10.2. The van der Waals surface area contributed by atoms with Gasteiger partial charge < -0.3 is 0 Å². The van der Waals surface area contributed by atoms with Gasteiger partial charge in [-0.05, 0) is 24.6 Å². The van der Waals surface area contributed by atoms with E-state index in [4.69, 9.17) is 5.26 Å². The third-order valence-corrected chi connectivity index (χ3v) is 7.27. The van der Waals surface area contributed by atoms with Crippen molar-refractivity contribution < 1.29 is 16.8 Å². The summed E-state index contributed by atoms with van der Waals surface area (Å²) in [7, 11) is -6.96. The van der Waals surface area contributed by atoms with E-state index in [0.29, 0.717) is 6.42 Å². The van der Waals surface area contributed by atoms with Crippen molar-refractivity contribution in [1.29, 1.82) is 5.26 Å².